The summed E-state index contributed by atoms with van der Waals surface area (Å²) in [6.07, 6.45) is 1.28. The maximum atomic E-state index is 12.3. The fraction of sp³-hybridized carbons (Fsp3) is 0.278. The molecule has 2 aromatic carbocycles. The summed E-state index contributed by atoms with van der Waals surface area (Å²) in [5, 5.41) is 0. The number of Topliss-reactive ketones (excluding diaryl/α,β-unsaturated/α-hetero) is 1. The molecule has 1 unspecified atom stereocenters. The number of fused-ring (bicyclic) bond motifs is 1. The summed E-state index contributed by atoms with van der Waals surface area (Å²) >= 11 is 0. The minimum absolute atomic E-state index is 0.163. The second-order valence-corrected chi connectivity index (χ2v) is 5.33. The van der Waals surface area contributed by atoms with Gasteiger partial charge in [0.15, 0.2) is 5.78 Å². The van der Waals surface area contributed by atoms with E-state index in [2.05, 4.69) is 31.2 Å². The van der Waals surface area contributed by atoms with Crippen LogP contribution >= 0.6 is 0 Å². The Morgan fingerprint density at radius 2 is 1.90 bits per heavy atom. The first-order valence-electron chi connectivity index (χ1n) is 7.06. The minimum atomic E-state index is -0.163. The van der Waals surface area contributed by atoms with Crippen LogP contribution in [0.15, 0.2) is 42.5 Å². The standard InChI is InChI=1S/C18H18O2/c1-3-13-5-7-14(8-6-13)18-11-16(19)15-10-12(2)4-9-17(15)20-18/h4-10,18H,3,11H2,1-2H3. The van der Waals surface area contributed by atoms with Crippen LogP contribution in [0.4, 0.5) is 0 Å². The van der Waals surface area contributed by atoms with E-state index in [0.717, 1.165) is 17.5 Å². The zero-order chi connectivity index (χ0) is 14.1. The number of ether oxygens (including phenoxy) is 1. The summed E-state index contributed by atoms with van der Waals surface area (Å²) in [4.78, 5) is 12.3. The minimum Gasteiger partial charge on any atom is -0.484 e. The highest BCUT2D eigenvalue weighted by molar-refractivity contribution is 6.00. The Morgan fingerprint density at radius 1 is 1.15 bits per heavy atom. The second kappa shape index (κ2) is 5.12. The molecule has 0 spiro atoms. The predicted octanol–water partition coefficient (Wildman–Crippen LogP) is 4.26. The summed E-state index contributed by atoms with van der Waals surface area (Å²) in [6, 6.07) is 14.1. The highest BCUT2D eigenvalue weighted by Crippen LogP contribution is 2.35. The van der Waals surface area contributed by atoms with Crippen molar-refractivity contribution in [3.05, 3.63) is 64.7 Å². The van der Waals surface area contributed by atoms with Crippen LogP contribution in [0.2, 0.25) is 0 Å². The first kappa shape index (κ1) is 12.9. The Balaban J connectivity index is 1.90. The summed E-state index contributed by atoms with van der Waals surface area (Å²) < 4.78 is 6.00. The quantitative estimate of drug-likeness (QED) is 0.811. The van der Waals surface area contributed by atoms with Gasteiger partial charge < -0.3 is 4.74 Å². The third-order valence-electron chi connectivity index (χ3n) is 3.84. The van der Waals surface area contributed by atoms with Crippen molar-refractivity contribution in [1.82, 2.24) is 0 Å². The number of carbonyl (C=O) groups is 1. The molecule has 102 valence electrons. The second-order valence-electron chi connectivity index (χ2n) is 5.33. The molecule has 20 heavy (non-hydrogen) atoms. The molecular formula is C18H18O2. The van der Waals surface area contributed by atoms with E-state index < -0.39 is 0 Å². The van der Waals surface area contributed by atoms with Crippen LogP contribution in [-0.2, 0) is 6.42 Å². The van der Waals surface area contributed by atoms with Crippen LogP contribution in [0.25, 0.3) is 0 Å². The fourth-order valence-electron chi connectivity index (χ4n) is 2.59. The summed E-state index contributed by atoms with van der Waals surface area (Å²) in [7, 11) is 0. The van der Waals surface area contributed by atoms with E-state index in [-0.39, 0.29) is 11.9 Å². The van der Waals surface area contributed by atoms with Gasteiger partial charge in [-0.3, -0.25) is 4.79 Å². The zero-order valence-electron chi connectivity index (χ0n) is 11.8. The van der Waals surface area contributed by atoms with Crippen molar-refractivity contribution in [3.8, 4) is 5.75 Å². The molecule has 1 aliphatic rings. The lowest BCUT2D eigenvalue weighted by Gasteiger charge is -2.26. The smallest absolute Gasteiger partial charge is 0.170 e. The molecule has 0 saturated heterocycles. The van der Waals surface area contributed by atoms with Crippen molar-refractivity contribution in [2.45, 2.75) is 32.8 Å². The molecule has 0 amide bonds. The van der Waals surface area contributed by atoms with Crippen molar-refractivity contribution in [3.63, 3.8) is 0 Å². The summed E-state index contributed by atoms with van der Waals surface area (Å²) in [6.45, 7) is 4.12. The Morgan fingerprint density at radius 3 is 2.60 bits per heavy atom. The lowest BCUT2D eigenvalue weighted by molar-refractivity contribution is 0.0850. The number of carbonyl (C=O) groups excluding carboxylic acids is 1. The van der Waals surface area contributed by atoms with Gasteiger partial charge in [0.25, 0.3) is 0 Å². The molecule has 1 aliphatic heterocycles. The lowest BCUT2D eigenvalue weighted by atomic mass is 9.94. The van der Waals surface area contributed by atoms with E-state index in [1.807, 2.05) is 25.1 Å². The van der Waals surface area contributed by atoms with Gasteiger partial charge in [-0.25, -0.2) is 0 Å². The molecule has 2 nitrogen and oxygen atoms in total. The number of rotatable bonds is 2. The van der Waals surface area contributed by atoms with Crippen LogP contribution in [0.3, 0.4) is 0 Å². The van der Waals surface area contributed by atoms with E-state index in [9.17, 15) is 4.79 Å². The van der Waals surface area contributed by atoms with Crippen molar-refractivity contribution in [2.24, 2.45) is 0 Å². The number of aryl methyl sites for hydroxylation is 2. The van der Waals surface area contributed by atoms with Gasteiger partial charge >= 0.3 is 0 Å². The average Bonchev–Trinajstić information content (AvgIpc) is 2.48. The molecule has 1 heterocycles. The molecule has 0 bridgehead atoms. The van der Waals surface area contributed by atoms with Crippen LogP contribution in [0, 0.1) is 6.92 Å². The van der Waals surface area contributed by atoms with Crippen LogP contribution in [-0.4, -0.2) is 5.78 Å². The van der Waals surface area contributed by atoms with Crippen LogP contribution < -0.4 is 4.74 Å². The van der Waals surface area contributed by atoms with Gasteiger partial charge in [-0.05, 0) is 36.6 Å². The zero-order valence-corrected chi connectivity index (χ0v) is 11.8. The maximum absolute atomic E-state index is 12.3. The van der Waals surface area contributed by atoms with Crippen LogP contribution in [0.5, 0.6) is 5.75 Å². The first-order chi connectivity index (χ1) is 9.67. The monoisotopic (exact) mass is 266 g/mol. The molecule has 2 heteroatoms. The average molecular weight is 266 g/mol. The Kier molecular flexibility index (Phi) is 3.31. The molecule has 0 radical (unpaired) electrons. The summed E-state index contributed by atoms with van der Waals surface area (Å²) in [5.74, 6) is 0.871. The van der Waals surface area contributed by atoms with E-state index in [4.69, 9.17) is 4.74 Å². The molecule has 2 aromatic rings. The number of hydrogen-bond acceptors (Lipinski definition) is 2. The molecule has 1 atom stereocenters. The SMILES string of the molecule is CCc1ccc(C2CC(=O)c3cc(C)ccc3O2)cc1. The predicted molar refractivity (Wildman–Crippen MR) is 79.3 cm³/mol. The molecule has 0 saturated carbocycles. The molecule has 0 aromatic heterocycles. The van der Waals surface area contributed by atoms with Crippen LogP contribution in [0.1, 0.15) is 46.5 Å². The molecular weight excluding hydrogens is 248 g/mol. The van der Waals surface area contributed by atoms with E-state index in [1.54, 1.807) is 0 Å². The summed E-state index contributed by atoms with van der Waals surface area (Å²) in [5.41, 5.74) is 4.17. The molecule has 0 fully saturated rings. The Labute approximate surface area is 119 Å². The highest BCUT2D eigenvalue weighted by atomic mass is 16.5. The van der Waals surface area contributed by atoms with Gasteiger partial charge in [0.2, 0.25) is 0 Å². The Hall–Kier alpha value is -2.09. The van der Waals surface area contributed by atoms with E-state index >= 15 is 0 Å². The van der Waals surface area contributed by atoms with Crippen molar-refractivity contribution < 1.29 is 9.53 Å². The third-order valence-corrected chi connectivity index (χ3v) is 3.84. The van der Waals surface area contributed by atoms with Gasteiger partial charge in [0.1, 0.15) is 11.9 Å². The van der Waals surface area contributed by atoms with Crippen molar-refractivity contribution in [2.75, 3.05) is 0 Å². The largest absolute Gasteiger partial charge is 0.484 e. The third kappa shape index (κ3) is 2.34. The van der Waals surface area contributed by atoms with E-state index in [0.29, 0.717) is 17.7 Å². The lowest BCUT2D eigenvalue weighted by Crippen LogP contribution is -2.20. The molecule has 3 rings (SSSR count). The van der Waals surface area contributed by atoms with E-state index in [1.165, 1.54) is 5.56 Å². The number of hydrogen-bond donors (Lipinski definition) is 0. The maximum Gasteiger partial charge on any atom is 0.170 e. The van der Waals surface area contributed by atoms with Gasteiger partial charge in [-0.15, -0.1) is 0 Å². The highest BCUT2D eigenvalue weighted by Gasteiger charge is 2.27. The fourth-order valence-corrected chi connectivity index (χ4v) is 2.59. The van der Waals surface area contributed by atoms with Gasteiger partial charge in [-0.1, -0.05) is 42.8 Å². The number of benzene rings is 2. The Bertz CT molecular complexity index is 641. The first-order valence-corrected chi connectivity index (χ1v) is 7.06. The van der Waals surface area contributed by atoms with Crippen molar-refractivity contribution in [1.29, 1.82) is 0 Å². The normalized spacial score (nSPS) is 17.5. The number of ketones is 1. The topological polar surface area (TPSA) is 26.3 Å². The molecule has 0 N–H and O–H groups in total. The van der Waals surface area contributed by atoms with Gasteiger partial charge in [0, 0.05) is 0 Å². The van der Waals surface area contributed by atoms with Crippen molar-refractivity contribution >= 4 is 5.78 Å². The molecule has 0 aliphatic carbocycles. The van der Waals surface area contributed by atoms with Gasteiger partial charge in [0.05, 0.1) is 12.0 Å². The van der Waals surface area contributed by atoms with Gasteiger partial charge in [-0.2, -0.15) is 0 Å².